The second kappa shape index (κ2) is 14.0. The molecule has 0 aliphatic carbocycles. The number of rotatable bonds is 7. The standard InChI is InChI=1S/C53H34N4O/c1-4-15-35(16-5-1)37-27-30-42(31-28-37)57(43-32-29-36-17-10-11-22-40(36)33-43)48-44-24-13-12-23-41(44)34-47-45-25-14-26-46(49(45)58-50(47)48)53-55-51(38-18-6-2-7-19-38)54-52(56-53)39-20-8-3-9-21-39/h1-34H. The molecule has 58 heavy (non-hydrogen) atoms. The third-order valence-corrected chi connectivity index (χ3v) is 10.9. The average molecular weight is 743 g/mol. The Labute approximate surface area is 335 Å². The van der Waals surface area contributed by atoms with E-state index < -0.39 is 0 Å². The van der Waals surface area contributed by atoms with Gasteiger partial charge in [0.15, 0.2) is 23.1 Å². The van der Waals surface area contributed by atoms with Gasteiger partial charge in [0.05, 0.1) is 11.3 Å². The van der Waals surface area contributed by atoms with E-state index in [1.165, 1.54) is 10.9 Å². The number of fused-ring (bicyclic) bond motifs is 5. The Hall–Kier alpha value is -7.89. The van der Waals surface area contributed by atoms with Crippen molar-refractivity contribution in [1.29, 1.82) is 0 Å². The summed E-state index contributed by atoms with van der Waals surface area (Å²) in [6.07, 6.45) is 0. The first-order valence-electron chi connectivity index (χ1n) is 19.4. The summed E-state index contributed by atoms with van der Waals surface area (Å²) in [4.78, 5) is 17.5. The molecule has 0 atom stereocenters. The van der Waals surface area contributed by atoms with Crippen molar-refractivity contribution in [2.24, 2.45) is 0 Å². The second-order valence-corrected chi connectivity index (χ2v) is 14.4. The number of furan rings is 1. The predicted octanol–water partition coefficient (Wildman–Crippen LogP) is 14.2. The summed E-state index contributed by atoms with van der Waals surface area (Å²) in [5, 5.41) is 6.53. The number of aromatic nitrogens is 3. The largest absolute Gasteiger partial charge is 0.453 e. The van der Waals surface area contributed by atoms with Gasteiger partial charge in [-0.05, 0) is 63.7 Å². The lowest BCUT2D eigenvalue weighted by Gasteiger charge is -2.27. The third kappa shape index (κ3) is 5.85. The van der Waals surface area contributed by atoms with Gasteiger partial charge in [-0.3, -0.25) is 0 Å². The fraction of sp³-hybridized carbons (Fsp3) is 0. The van der Waals surface area contributed by atoms with Crippen LogP contribution in [0.3, 0.4) is 0 Å². The maximum Gasteiger partial charge on any atom is 0.167 e. The van der Waals surface area contributed by atoms with Gasteiger partial charge in [0.2, 0.25) is 0 Å². The van der Waals surface area contributed by atoms with Crippen LogP contribution in [-0.4, -0.2) is 15.0 Å². The molecule has 0 saturated carbocycles. The Morgan fingerprint density at radius 1 is 0.328 bits per heavy atom. The molecule has 272 valence electrons. The van der Waals surface area contributed by atoms with Gasteiger partial charge in [0.1, 0.15) is 5.58 Å². The molecule has 0 saturated heterocycles. The molecule has 5 nitrogen and oxygen atoms in total. The highest BCUT2D eigenvalue weighted by Crippen LogP contribution is 2.48. The van der Waals surface area contributed by atoms with E-state index in [0.717, 1.165) is 77.4 Å². The van der Waals surface area contributed by atoms with E-state index in [2.05, 4.69) is 144 Å². The fourth-order valence-corrected chi connectivity index (χ4v) is 8.06. The Morgan fingerprint density at radius 2 is 0.862 bits per heavy atom. The van der Waals surface area contributed by atoms with Crippen molar-refractivity contribution in [2.45, 2.75) is 0 Å². The first-order chi connectivity index (χ1) is 28.7. The highest BCUT2D eigenvalue weighted by atomic mass is 16.3. The summed E-state index contributed by atoms with van der Waals surface area (Å²) >= 11 is 0. The van der Waals surface area contributed by atoms with Gasteiger partial charge in [-0.15, -0.1) is 0 Å². The summed E-state index contributed by atoms with van der Waals surface area (Å²) in [6.45, 7) is 0. The Kier molecular flexibility index (Phi) is 8.07. The normalized spacial score (nSPS) is 11.4. The smallest absolute Gasteiger partial charge is 0.167 e. The summed E-state index contributed by atoms with van der Waals surface area (Å²) < 4.78 is 7.23. The van der Waals surface area contributed by atoms with Gasteiger partial charge in [0, 0.05) is 38.7 Å². The topological polar surface area (TPSA) is 55.1 Å². The molecule has 11 aromatic rings. The van der Waals surface area contributed by atoms with Crippen molar-refractivity contribution in [2.75, 3.05) is 4.90 Å². The number of hydrogen-bond donors (Lipinski definition) is 0. The zero-order valence-corrected chi connectivity index (χ0v) is 31.3. The summed E-state index contributed by atoms with van der Waals surface area (Å²) in [5.74, 6) is 1.75. The zero-order chi connectivity index (χ0) is 38.4. The molecule has 0 amide bonds. The quantitative estimate of drug-likeness (QED) is 0.163. The minimum absolute atomic E-state index is 0.548. The van der Waals surface area contributed by atoms with Crippen LogP contribution in [0.15, 0.2) is 211 Å². The number of nitrogens with zero attached hydrogens (tertiary/aromatic N) is 4. The number of benzene rings is 9. The lowest BCUT2D eigenvalue weighted by molar-refractivity contribution is 0.670. The molecule has 5 heteroatoms. The minimum Gasteiger partial charge on any atom is -0.453 e. The van der Waals surface area contributed by atoms with E-state index in [-0.39, 0.29) is 0 Å². The van der Waals surface area contributed by atoms with E-state index in [0.29, 0.717) is 17.5 Å². The maximum atomic E-state index is 7.23. The van der Waals surface area contributed by atoms with E-state index >= 15 is 0 Å². The van der Waals surface area contributed by atoms with Crippen LogP contribution in [0.2, 0.25) is 0 Å². The number of para-hydroxylation sites is 1. The summed E-state index contributed by atoms with van der Waals surface area (Å²) in [5.41, 5.74) is 9.46. The zero-order valence-electron chi connectivity index (χ0n) is 31.3. The molecule has 0 aliphatic rings. The maximum absolute atomic E-state index is 7.23. The number of anilines is 3. The lowest BCUT2D eigenvalue weighted by Crippen LogP contribution is -2.11. The van der Waals surface area contributed by atoms with Crippen LogP contribution in [0.1, 0.15) is 0 Å². The number of hydrogen-bond acceptors (Lipinski definition) is 5. The van der Waals surface area contributed by atoms with Crippen molar-refractivity contribution >= 4 is 60.5 Å². The average Bonchev–Trinajstić information content (AvgIpc) is 3.68. The predicted molar refractivity (Wildman–Crippen MR) is 239 cm³/mol. The Balaban J connectivity index is 1.18. The van der Waals surface area contributed by atoms with Gasteiger partial charge in [-0.25, -0.2) is 15.0 Å². The van der Waals surface area contributed by atoms with Crippen molar-refractivity contribution < 1.29 is 4.42 Å². The van der Waals surface area contributed by atoms with Gasteiger partial charge in [0.25, 0.3) is 0 Å². The van der Waals surface area contributed by atoms with Crippen LogP contribution in [0.25, 0.3) is 88.8 Å². The van der Waals surface area contributed by atoms with Crippen LogP contribution < -0.4 is 4.90 Å². The van der Waals surface area contributed by atoms with Crippen molar-refractivity contribution in [3.8, 4) is 45.3 Å². The monoisotopic (exact) mass is 742 g/mol. The highest BCUT2D eigenvalue weighted by Gasteiger charge is 2.25. The first-order valence-corrected chi connectivity index (χ1v) is 19.4. The molecule has 0 fully saturated rings. The lowest BCUT2D eigenvalue weighted by atomic mass is 10.00. The van der Waals surface area contributed by atoms with Crippen molar-refractivity contribution in [3.05, 3.63) is 206 Å². The van der Waals surface area contributed by atoms with Crippen LogP contribution in [-0.2, 0) is 0 Å². The molecule has 0 spiro atoms. The van der Waals surface area contributed by atoms with Crippen LogP contribution >= 0.6 is 0 Å². The molecule has 0 bridgehead atoms. The Bertz CT molecular complexity index is 3210. The molecule has 11 rings (SSSR count). The van der Waals surface area contributed by atoms with Gasteiger partial charge >= 0.3 is 0 Å². The second-order valence-electron chi connectivity index (χ2n) is 14.4. The molecule has 0 aliphatic heterocycles. The van der Waals surface area contributed by atoms with E-state index in [4.69, 9.17) is 19.4 Å². The molecule has 0 N–H and O–H groups in total. The minimum atomic E-state index is 0.548. The molecular weight excluding hydrogens is 709 g/mol. The van der Waals surface area contributed by atoms with Gasteiger partial charge in [-0.2, -0.15) is 0 Å². The molecule has 9 aromatic carbocycles. The third-order valence-electron chi connectivity index (χ3n) is 10.9. The first kappa shape index (κ1) is 33.4. The molecule has 0 radical (unpaired) electrons. The van der Waals surface area contributed by atoms with Crippen molar-refractivity contribution in [3.63, 3.8) is 0 Å². The molecule has 0 unspecified atom stereocenters. The van der Waals surface area contributed by atoms with Gasteiger partial charge in [-0.1, -0.05) is 170 Å². The van der Waals surface area contributed by atoms with Crippen molar-refractivity contribution in [1.82, 2.24) is 15.0 Å². The molecular formula is C53H34N4O. The van der Waals surface area contributed by atoms with Gasteiger partial charge < -0.3 is 9.32 Å². The van der Waals surface area contributed by atoms with E-state index in [9.17, 15) is 0 Å². The van der Waals surface area contributed by atoms with Crippen LogP contribution in [0.4, 0.5) is 17.1 Å². The van der Waals surface area contributed by atoms with Crippen LogP contribution in [0, 0.1) is 0 Å². The molecule has 2 aromatic heterocycles. The fourth-order valence-electron chi connectivity index (χ4n) is 8.06. The summed E-state index contributed by atoms with van der Waals surface area (Å²) in [6, 6.07) is 71.7. The van der Waals surface area contributed by atoms with Crippen LogP contribution in [0.5, 0.6) is 0 Å². The van der Waals surface area contributed by atoms with E-state index in [1.54, 1.807) is 0 Å². The molecule has 2 heterocycles. The summed E-state index contributed by atoms with van der Waals surface area (Å²) in [7, 11) is 0. The highest BCUT2D eigenvalue weighted by molar-refractivity contribution is 6.20. The van der Waals surface area contributed by atoms with E-state index in [1.807, 2.05) is 66.7 Å². The Morgan fingerprint density at radius 3 is 1.55 bits per heavy atom. The SMILES string of the molecule is c1ccc(-c2ccc(N(c3ccc4ccccc4c3)c3c4ccccc4cc4c3oc3c(-c5nc(-c6ccccc6)nc(-c6ccccc6)n5)cccc34)cc2)cc1.